The number of rotatable bonds is 1. The number of fused-ring (bicyclic) bond motifs is 1. The van der Waals surface area contributed by atoms with Crippen molar-refractivity contribution in [1.82, 2.24) is 0 Å². The standard InChI is InChI=1S/C16H9BrF2S/c17-13-7-11(14(18)8-15(13)19)12-5-9-3-1-2-4-10(9)6-16(12)20/h1-8,20H. The second-order valence-corrected chi connectivity index (χ2v) is 5.80. The molecule has 100 valence electrons. The lowest BCUT2D eigenvalue weighted by atomic mass is 10.0. The van der Waals surface area contributed by atoms with Crippen LogP contribution in [0.2, 0.25) is 0 Å². The summed E-state index contributed by atoms with van der Waals surface area (Å²) in [4.78, 5) is 0.654. The van der Waals surface area contributed by atoms with E-state index < -0.39 is 11.6 Å². The lowest BCUT2D eigenvalue weighted by Gasteiger charge is -2.10. The second kappa shape index (κ2) is 5.19. The van der Waals surface area contributed by atoms with Gasteiger partial charge in [0.1, 0.15) is 11.6 Å². The number of hydrogen-bond donors (Lipinski definition) is 1. The van der Waals surface area contributed by atoms with Gasteiger partial charge in [-0.05, 0) is 50.5 Å². The van der Waals surface area contributed by atoms with Gasteiger partial charge in [-0.1, -0.05) is 24.3 Å². The van der Waals surface area contributed by atoms with Gasteiger partial charge < -0.3 is 0 Å². The van der Waals surface area contributed by atoms with Crippen molar-refractivity contribution in [3.63, 3.8) is 0 Å². The van der Waals surface area contributed by atoms with Crippen LogP contribution in [-0.2, 0) is 0 Å². The molecule has 20 heavy (non-hydrogen) atoms. The highest BCUT2D eigenvalue weighted by Crippen LogP contribution is 2.34. The van der Waals surface area contributed by atoms with Gasteiger partial charge in [0.05, 0.1) is 4.47 Å². The van der Waals surface area contributed by atoms with E-state index in [1.165, 1.54) is 6.07 Å². The molecular weight excluding hydrogens is 342 g/mol. The average Bonchev–Trinajstić information content (AvgIpc) is 2.42. The highest BCUT2D eigenvalue weighted by molar-refractivity contribution is 9.10. The maximum Gasteiger partial charge on any atom is 0.140 e. The van der Waals surface area contributed by atoms with Crippen LogP contribution < -0.4 is 0 Å². The van der Waals surface area contributed by atoms with Crippen molar-refractivity contribution < 1.29 is 8.78 Å². The Labute approximate surface area is 129 Å². The molecule has 0 fully saturated rings. The molecule has 0 bridgehead atoms. The van der Waals surface area contributed by atoms with E-state index in [0.29, 0.717) is 16.0 Å². The Morgan fingerprint density at radius 1 is 0.800 bits per heavy atom. The summed E-state index contributed by atoms with van der Waals surface area (Å²) in [6.45, 7) is 0. The van der Waals surface area contributed by atoms with Gasteiger partial charge in [-0.25, -0.2) is 8.78 Å². The molecule has 0 nitrogen and oxygen atoms in total. The minimum Gasteiger partial charge on any atom is -0.206 e. The summed E-state index contributed by atoms with van der Waals surface area (Å²) >= 11 is 7.50. The predicted octanol–water partition coefficient (Wildman–Crippen LogP) is 5.84. The predicted molar refractivity (Wildman–Crippen MR) is 84.3 cm³/mol. The Balaban J connectivity index is 2.29. The molecule has 0 spiro atoms. The third-order valence-electron chi connectivity index (χ3n) is 3.16. The van der Waals surface area contributed by atoms with Crippen molar-refractivity contribution in [2.75, 3.05) is 0 Å². The van der Waals surface area contributed by atoms with Gasteiger partial charge in [0, 0.05) is 16.5 Å². The highest BCUT2D eigenvalue weighted by atomic mass is 79.9. The molecule has 0 saturated heterocycles. The molecule has 0 heterocycles. The maximum atomic E-state index is 14.0. The number of hydrogen-bond acceptors (Lipinski definition) is 1. The summed E-state index contributed by atoms with van der Waals surface area (Å²) in [5, 5.41) is 2.02. The monoisotopic (exact) mass is 350 g/mol. The van der Waals surface area contributed by atoms with Gasteiger partial charge in [0.15, 0.2) is 0 Å². The molecule has 3 aromatic rings. The zero-order valence-corrected chi connectivity index (χ0v) is 12.7. The quantitative estimate of drug-likeness (QED) is 0.413. The Kier molecular flexibility index (Phi) is 3.52. The Hall–Kier alpha value is -1.39. The van der Waals surface area contributed by atoms with Crippen LogP contribution in [0, 0.1) is 11.6 Å². The zero-order valence-electron chi connectivity index (χ0n) is 10.2. The summed E-state index contributed by atoms with van der Waals surface area (Å²) < 4.78 is 27.6. The second-order valence-electron chi connectivity index (χ2n) is 4.46. The molecule has 0 unspecified atom stereocenters. The summed E-state index contributed by atoms with van der Waals surface area (Å²) in [5.41, 5.74) is 0.972. The first-order chi connectivity index (χ1) is 9.56. The first-order valence-corrected chi connectivity index (χ1v) is 7.17. The molecule has 0 aromatic heterocycles. The first-order valence-electron chi connectivity index (χ1n) is 5.93. The highest BCUT2D eigenvalue weighted by Gasteiger charge is 2.13. The topological polar surface area (TPSA) is 0 Å². The lowest BCUT2D eigenvalue weighted by Crippen LogP contribution is -1.90. The number of benzene rings is 3. The maximum absolute atomic E-state index is 14.0. The summed E-state index contributed by atoms with van der Waals surface area (Å²) in [6.07, 6.45) is 0. The van der Waals surface area contributed by atoms with E-state index in [-0.39, 0.29) is 4.47 Å². The molecule has 0 aliphatic rings. The minimum atomic E-state index is -0.618. The summed E-state index contributed by atoms with van der Waals surface area (Å²) in [5.74, 6) is -1.22. The summed E-state index contributed by atoms with van der Waals surface area (Å²) in [7, 11) is 0. The fraction of sp³-hybridized carbons (Fsp3) is 0. The molecule has 4 heteroatoms. The average molecular weight is 351 g/mol. The Morgan fingerprint density at radius 2 is 1.45 bits per heavy atom. The van der Waals surface area contributed by atoms with Gasteiger partial charge in [-0.15, -0.1) is 12.6 Å². The van der Waals surface area contributed by atoms with E-state index in [1.807, 2.05) is 36.4 Å². The van der Waals surface area contributed by atoms with E-state index in [2.05, 4.69) is 28.6 Å². The van der Waals surface area contributed by atoms with Crippen molar-refractivity contribution in [3.8, 4) is 11.1 Å². The van der Waals surface area contributed by atoms with Crippen LogP contribution in [0.3, 0.4) is 0 Å². The van der Waals surface area contributed by atoms with Gasteiger partial charge in [0.2, 0.25) is 0 Å². The smallest absolute Gasteiger partial charge is 0.140 e. The van der Waals surface area contributed by atoms with E-state index >= 15 is 0 Å². The summed E-state index contributed by atoms with van der Waals surface area (Å²) in [6, 6.07) is 13.8. The van der Waals surface area contributed by atoms with Crippen molar-refractivity contribution >= 4 is 39.3 Å². The number of halogens is 3. The molecule has 3 rings (SSSR count). The van der Waals surface area contributed by atoms with Crippen LogP contribution in [-0.4, -0.2) is 0 Å². The first kappa shape index (κ1) is 13.6. The van der Waals surface area contributed by atoms with Gasteiger partial charge >= 0.3 is 0 Å². The number of thiol groups is 1. The van der Waals surface area contributed by atoms with Crippen molar-refractivity contribution in [2.24, 2.45) is 0 Å². The molecule has 0 N–H and O–H groups in total. The molecule has 3 aromatic carbocycles. The van der Waals surface area contributed by atoms with Crippen LogP contribution >= 0.6 is 28.6 Å². The molecule has 0 amide bonds. The van der Waals surface area contributed by atoms with Crippen molar-refractivity contribution in [1.29, 1.82) is 0 Å². The largest absolute Gasteiger partial charge is 0.206 e. The molecule has 0 atom stereocenters. The Morgan fingerprint density at radius 3 is 2.15 bits per heavy atom. The molecule has 0 saturated carbocycles. The van der Waals surface area contributed by atoms with Gasteiger partial charge in [-0.3, -0.25) is 0 Å². The van der Waals surface area contributed by atoms with Crippen molar-refractivity contribution in [2.45, 2.75) is 4.90 Å². The molecule has 0 radical (unpaired) electrons. The van der Waals surface area contributed by atoms with Gasteiger partial charge in [0.25, 0.3) is 0 Å². The third kappa shape index (κ3) is 2.34. The van der Waals surface area contributed by atoms with Crippen molar-refractivity contribution in [3.05, 3.63) is 64.6 Å². The molecule has 0 aliphatic heterocycles. The van der Waals surface area contributed by atoms with Crippen LogP contribution in [0.15, 0.2) is 57.9 Å². The Bertz CT molecular complexity index is 815. The van der Waals surface area contributed by atoms with Crippen LogP contribution in [0.4, 0.5) is 8.78 Å². The molecular formula is C16H9BrF2S. The minimum absolute atomic E-state index is 0.231. The lowest BCUT2D eigenvalue weighted by molar-refractivity contribution is 0.581. The third-order valence-corrected chi connectivity index (χ3v) is 4.14. The SMILES string of the molecule is Fc1cc(F)c(-c2cc3ccccc3cc2S)cc1Br. The van der Waals surface area contributed by atoms with E-state index in [0.717, 1.165) is 16.8 Å². The van der Waals surface area contributed by atoms with Crippen LogP contribution in [0.1, 0.15) is 0 Å². The van der Waals surface area contributed by atoms with Crippen LogP contribution in [0.25, 0.3) is 21.9 Å². The zero-order chi connectivity index (χ0) is 14.3. The van der Waals surface area contributed by atoms with Crippen LogP contribution in [0.5, 0.6) is 0 Å². The fourth-order valence-corrected chi connectivity index (χ4v) is 2.84. The normalized spacial score (nSPS) is 11.0. The van der Waals surface area contributed by atoms with Gasteiger partial charge in [-0.2, -0.15) is 0 Å². The molecule has 0 aliphatic carbocycles. The fourth-order valence-electron chi connectivity index (χ4n) is 2.17. The van der Waals surface area contributed by atoms with E-state index in [1.54, 1.807) is 0 Å². The van der Waals surface area contributed by atoms with E-state index in [9.17, 15) is 8.78 Å². The van der Waals surface area contributed by atoms with E-state index in [4.69, 9.17) is 0 Å².